The van der Waals surface area contributed by atoms with Crippen molar-refractivity contribution < 1.29 is 22.6 Å². The molecule has 0 aliphatic heterocycles. The summed E-state index contributed by atoms with van der Waals surface area (Å²) < 4.78 is 29.6. The number of ketones is 2. The lowest BCUT2D eigenvalue weighted by Crippen LogP contribution is -2.48. The minimum atomic E-state index is -4.62. The van der Waals surface area contributed by atoms with Crippen LogP contribution in [-0.2, 0) is 10.1 Å². The number of fused-ring (bicyclic) bond motifs is 1. The molecule has 1 aliphatic rings. The van der Waals surface area contributed by atoms with Gasteiger partial charge in [-0.3, -0.25) is 14.1 Å². The molecule has 5 nitrogen and oxygen atoms in total. The Bertz CT molecular complexity index is 622. The van der Waals surface area contributed by atoms with Crippen LogP contribution in [0.5, 0.6) is 0 Å². The minimum Gasteiger partial charge on any atom is -0.294 e. The molecule has 1 atom stereocenters. The fourth-order valence-corrected chi connectivity index (χ4v) is 2.56. The van der Waals surface area contributed by atoms with E-state index >= 15 is 0 Å². The third-order valence-electron chi connectivity index (χ3n) is 3.02. The number of Topliss-reactive ketones (excluding diaryl/α,β-unsaturated/α-hetero) is 2. The highest BCUT2D eigenvalue weighted by Crippen LogP contribution is 2.33. The molecular weight excluding hydrogens is 268 g/mol. The molecule has 0 saturated heterocycles. The van der Waals surface area contributed by atoms with Crippen LogP contribution in [0.25, 0.3) is 0 Å². The predicted octanol–water partition coefficient (Wildman–Crippen LogP) is 0.186. The van der Waals surface area contributed by atoms with Gasteiger partial charge >= 0.3 is 23.1 Å². The van der Waals surface area contributed by atoms with Crippen molar-refractivity contribution in [2.24, 2.45) is 0 Å². The SMILES string of the molecule is CC1(S(=O)(=O)O)CC(=O)c2ccccc2C1=O.[MgH2]. The molecule has 0 saturated carbocycles. The molecule has 18 heavy (non-hydrogen) atoms. The fraction of sp³-hybridized carbons (Fsp3) is 0.273. The number of benzene rings is 1. The van der Waals surface area contributed by atoms with Crippen LogP contribution in [-0.4, -0.2) is 52.3 Å². The number of carbonyl (C=O) groups is 2. The maximum Gasteiger partial charge on any atom is 0.316 e. The van der Waals surface area contributed by atoms with E-state index in [1.165, 1.54) is 12.1 Å². The van der Waals surface area contributed by atoms with E-state index in [2.05, 4.69) is 0 Å². The van der Waals surface area contributed by atoms with Crippen molar-refractivity contribution >= 4 is 44.7 Å². The van der Waals surface area contributed by atoms with Crippen molar-refractivity contribution in [2.75, 3.05) is 0 Å². The van der Waals surface area contributed by atoms with Gasteiger partial charge in [0.1, 0.15) is 0 Å². The second kappa shape index (κ2) is 4.73. The van der Waals surface area contributed by atoms with Gasteiger partial charge in [-0.2, -0.15) is 8.42 Å². The van der Waals surface area contributed by atoms with Crippen LogP contribution in [0.1, 0.15) is 34.1 Å². The first kappa shape index (κ1) is 15.3. The topological polar surface area (TPSA) is 88.5 Å². The van der Waals surface area contributed by atoms with Gasteiger partial charge in [-0.25, -0.2) is 0 Å². The van der Waals surface area contributed by atoms with Crippen LogP contribution in [0.3, 0.4) is 0 Å². The van der Waals surface area contributed by atoms with E-state index in [0.717, 1.165) is 6.92 Å². The van der Waals surface area contributed by atoms with Crippen LogP contribution in [0.15, 0.2) is 24.3 Å². The Morgan fingerprint density at radius 3 is 2.17 bits per heavy atom. The molecule has 1 unspecified atom stereocenters. The van der Waals surface area contributed by atoms with E-state index in [-0.39, 0.29) is 34.2 Å². The average Bonchev–Trinajstić information content (AvgIpc) is 2.25. The molecule has 0 amide bonds. The van der Waals surface area contributed by atoms with Gasteiger partial charge in [-0.15, -0.1) is 0 Å². The van der Waals surface area contributed by atoms with Crippen molar-refractivity contribution in [2.45, 2.75) is 18.1 Å². The van der Waals surface area contributed by atoms with Gasteiger partial charge < -0.3 is 0 Å². The summed E-state index contributed by atoms with van der Waals surface area (Å²) in [6.45, 7) is 1.07. The molecule has 2 rings (SSSR count). The molecule has 1 aliphatic carbocycles. The maximum absolute atomic E-state index is 12.0. The zero-order valence-electron chi connectivity index (χ0n) is 9.00. The van der Waals surface area contributed by atoms with E-state index in [0.29, 0.717) is 0 Å². The second-order valence-corrected chi connectivity index (χ2v) is 6.03. The van der Waals surface area contributed by atoms with E-state index in [1.54, 1.807) is 12.1 Å². The van der Waals surface area contributed by atoms with E-state index < -0.39 is 32.9 Å². The summed E-state index contributed by atoms with van der Waals surface area (Å²) in [5.41, 5.74) is 0.252. The molecule has 1 aromatic rings. The summed E-state index contributed by atoms with van der Waals surface area (Å²) in [5, 5.41) is 0. The second-order valence-electron chi connectivity index (χ2n) is 4.18. The summed E-state index contributed by atoms with van der Waals surface area (Å²) in [5.74, 6) is -1.20. The third-order valence-corrected chi connectivity index (χ3v) is 4.49. The lowest BCUT2D eigenvalue weighted by molar-refractivity contribution is 0.0846. The fourth-order valence-electron chi connectivity index (χ4n) is 1.90. The van der Waals surface area contributed by atoms with E-state index in [9.17, 15) is 18.0 Å². The Balaban J connectivity index is 0.00000162. The first-order valence-electron chi connectivity index (χ1n) is 4.91. The van der Waals surface area contributed by atoms with Crippen molar-refractivity contribution in [1.82, 2.24) is 0 Å². The summed E-state index contributed by atoms with van der Waals surface area (Å²) in [4.78, 5) is 23.8. The zero-order chi connectivity index (χ0) is 12.8. The molecule has 94 valence electrons. The Kier molecular flexibility index (Phi) is 4.02. The zero-order valence-corrected chi connectivity index (χ0v) is 9.82. The van der Waals surface area contributed by atoms with E-state index in [1.807, 2.05) is 0 Å². The molecule has 0 spiro atoms. The monoisotopic (exact) mass is 280 g/mol. The predicted molar refractivity (Wildman–Crippen MR) is 68.2 cm³/mol. The number of hydrogen-bond acceptors (Lipinski definition) is 4. The van der Waals surface area contributed by atoms with Gasteiger partial charge in [0, 0.05) is 17.5 Å². The summed E-state index contributed by atoms with van der Waals surface area (Å²) in [7, 11) is -4.62. The van der Waals surface area contributed by atoms with Crippen molar-refractivity contribution in [3.63, 3.8) is 0 Å². The van der Waals surface area contributed by atoms with Crippen molar-refractivity contribution in [3.05, 3.63) is 35.4 Å². The van der Waals surface area contributed by atoms with Gasteiger partial charge in [0.2, 0.25) is 0 Å². The van der Waals surface area contributed by atoms with E-state index in [4.69, 9.17) is 4.55 Å². The van der Waals surface area contributed by atoms with Gasteiger partial charge in [0.05, 0.1) is 0 Å². The highest BCUT2D eigenvalue weighted by Gasteiger charge is 2.51. The highest BCUT2D eigenvalue weighted by atomic mass is 32.2. The molecule has 0 bridgehead atoms. The standard InChI is InChI=1S/C11H10O5S.Mg.2H/c1-11(17(14,15)16)6-9(12)7-4-2-3-5-8(7)10(11)13;;;/h2-5H,6H2,1H3,(H,14,15,16);;;. The Morgan fingerprint density at radius 1 is 1.17 bits per heavy atom. The van der Waals surface area contributed by atoms with Crippen molar-refractivity contribution in [3.8, 4) is 0 Å². The Morgan fingerprint density at radius 2 is 1.67 bits per heavy atom. The third kappa shape index (κ3) is 2.11. The molecule has 7 heteroatoms. The molecule has 0 heterocycles. The minimum absolute atomic E-state index is 0. The Labute approximate surface area is 120 Å². The largest absolute Gasteiger partial charge is 0.316 e. The van der Waals surface area contributed by atoms with Gasteiger partial charge in [-0.1, -0.05) is 24.3 Å². The van der Waals surface area contributed by atoms with Crippen LogP contribution < -0.4 is 0 Å². The summed E-state index contributed by atoms with van der Waals surface area (Å²) in [6.07, 6.45) is -0.526. The number of rotatable bonds is 1. The molecule has 0 aromatic heterocycles. The lowest BCUT2D eigenvalue weighted by Gasteiger charge is -2.29. The van der Waals surface area contributed by atoms with Crippen LogP contribution in [0, 0.1) is 0 Å². The summed E-state index contributed by atoms with van der Waals surface area (Å²) >= 11 is 0. The molecular formula is C11H12MgO5S. The molecule has 0 fully saturated rings. The van der Waals surface area contributed by atoms with Gasteiger partial charge in [0.25, 0.3) is 10.1 Å². The van der Waals surface area contributed by atoms with Crippen LogP contribution >= 0.6 is 0 Å². The number of hydrogen-bond donors (Lipinski definition) is 1. The first-order valence-corrected chi connectivity index (χ1v) is 6.35. The maximum atomic E-state index is 12.0. The summed E-state index contributed by atoms with van der Waals surface area (Å²) in [6, 6.07) is 6.00. The molecule has 1 N–H and O–H groups in total. The van der Waals surface area contributed by atoms with Crippen LogP contribution in [0.4, 0.5) is 0 Å². The lowest BCUT2D eigenvalue weighted by atomic mass is 9.82. The van der Waals surface area contributed by atoms with Gasteiger partial charge in [-0.05, 0) is 6.92 Å². The normalized spacial score (nSPS) is 23.2. The number of carbonyl (C=O) groups excluding carboxylic acids is 2. The highest BCUT2D eigenvalue weighted by molar-refractivity contribution is 7.88. The molecule has 1 aromatic carbocycles. The Hall–Kier alpha value is -0.764. The van der Waals surface area contributed by atoms with Crippen LogP contribution in [0.2, 0.25) is 0 Å². The van der Waals surface area contributed by atoms with Crippen molar-refractivity contribution in [1.29, 1.82) is 0 Å². The van der Waals surface area contributed by atoms with Gasteiger partial charge in [0.15, 0.2) is 16.3 Å². The quantitative estimate of drug-likeness (QED) is 0.586. The average molecular weight is 281 g/mol. The first-order chi connectivity index (χ1) is 7.77. The molecule has 0 radical (unpaired) electrons. The smallest absolute Gasteiger partial charge is 0.294 e.